The molecule has 3 rings (SSSR count). The number of hydrogen-bond acceptors (Lipinski definition) is 9. The average Bonchev–Trinajstić information content (AvgIpc) is 3.24. The van der Waals surface area contributed by atoms with Crippen molar-refractivity contribution in [3.63, 3.8) is 0 Å². The molecule has 1 aromatic heterocycles. The van der Waals surface area contributed by atoms with Crippen LogP contribution in [0.3, 0.4) is 0 Å². The third-order valence-electron chi connectivity index (χ3n) is 3.83. The monoisotopic (exact) mass is 414 g/mol. The van der Waals surface area contributed by atoms with Gasteiger partial charge in [-0.05, 0) is 40.8 Å². The second kappa shape index (κ2) is 9.69. The zero-order valence-electron chi connectivity index (χ0n) is 15.8. The predicted molar refractivity (Wildman–Crippen MR) is 105 cm³/mol. The van der Waals surface area contributed by atoms with Gasteiger partial charge in [-0.25, -0.2) is 0 Å². The Bertz CT molecular complexity index is 993. The van der Waals surface area contributed by atoms with Gasteiger partial charge in [0.05, 0.1) is 25.7 Å². The van der Waals surface area contributed by atoms with Gasteiger partial charge in [-0.15, -0.1) is 5.10 Å². The molecule has 0 fully saturated rings. The lowest BCUT2D eigenvalue weighted by atomic mass is 10.1. The summed E-state index contributed by atoms with van der Waals surface area (Å²) in [7, 11) is 2.99. The predicted octanol–water partition coefficient (Wildman–Crippen LogP) is 2.20. The van der Waals surface area contributed by atoms with Gasteiger partial charge in [0.25, 0.3) is 0 Å². The number of methoxy groups -OCH3 is 2. The van der Waals surface area contributed by atoms with Crippen molar-refractivity contribution in [1.29, 1.82) is 0 Å². The molecule has 0 spiro atoms. The highest BCUT2D eigenvalue weighted by Gasteiger charge is 2.15. The van der Waals surface area contributed by atoms with E-state index in [0.29, 0.717) is 22.2 Å². The van der Waals surface area contributed by atoms with Crippen LogP contribution in [-0.4, -0.2) is 58.5 Å². The molecule has 0 aliphatic heterocycles. The number of carbonyl (C=O) groups is 2. The molecule has 150 valence electrons. The Morgan fingerprint density at radius 1 is 1.03 bits per heavy atom. The first-order valence-corrected chi connectivity index (χ1v) is 9.48. The largest absolute Gasteiger partial charge is 0.493 e. The number of tetrazole rings is 1. The van der Waals surface area contributed by atoms with Crippen LogP contribution in [-0.2, 0) is 9.53 Å². The summed E-state index contributed by atoms with van der Waals surface area (Å²) in [6.07, 6.45) is 0. The molecule has 0 aliphatic rings. The quantitative estimate of drug-likeness (QED) is 0.296. The first-order valence-electron chi connectivity index (χ1n) is 8.50. The van der Waals surface area contributed by atoms with Gasteiger partial charge in [0, 0.05) is 5.56 Å². The van der Waals surface area contributed by atoms with E-state index in [1.165, 1.54) is 25.0 Å². The van der Waals surface area contributed by atoms with E-state index < -0.39 is 5.97 Å². The first kappa shape index (κ1) is 20.3. The van der Waals surface area contributed by atoms with E-state index in [4.69, 9.17) is 14.2 Å². The molecule has 1 heterocycles. The lowest BCUT2D eigenvalue weighted by Crippen LogP contribution is -2.16. The van der Waals surface area contributed by atoms with Crippen molar-refractivity contribution in [2.24, 2.45) is 0 Å². The number of para-hydroxylation sites is 1. The minimum Gasteiger partial charge on any atom is -0.493 e. The fourth-order valence-electron chi connectivity index (χ4n) is 2.40. The molecule has 0 amide bonds. The number of benzene rings is 2. The Balaban J connectivity index is 1.53. The summed E-state index contributed by atoms with van der Waals surface area (Å²) in [5.41, 5.74) is 1.13. The van der Waals surface area contributed by atoms with Gasteiger partial charge < -0.3 is 14.2 Å². The van der Waals surface area contributed by atoms with Gasteiger partial charge in [0.2, 0.25) is 5.16 Å². The highest BCUT2D eigenvalue weighted by Crippen LogP contribution is 2.27. The summed E-state index contributed by atoms with van der Waals surface area (Å²) < 4.78 is 16.9. The molecule has 10 heteroatoms. The third-order valence-corrected chi connectivity index (χ3v) is 4.72. The van der Waals surface area contributed by atoms with Gasteiger partial charge in [-0.3, -0.25) is 9.59 Å². The number of thioether (sulfide) groups is 1. The molecule has 0 unspecified atom stereocenters. The summed E-state index contributed by atoms with van der Waals surface area (Å²) in [5.74, 6) is -0.00157. The van der Waals surface area contributed by atoms with Crippen molar-refractivity contribution in [2.45, 2.75) is 5.16 Å². The zero-order valence-corrected chi connectivity index (χ0v) is 16.6. The van der Waals surface area contributed by atoms with Crippen LogP contribution in [0.5, 0.6) is 11.5 Å². The Kier molecular flexibility index (Phi) is 6.80. The van der Waals surface area contributed by atoms with Crippen molar-refractivity contribution >= 4 is 23.5 Å². The van der Waals surface area contributed by atoms with Gasteiger partial charge in [-0.1, -0.05) is 30.0 Å². The number of Topliss-reactive ketones (excluding diaryl/α,β-unsaturated/α-hetero) is 1. The maximum absolute atomic E-state index is 12.3. The SMILES string of the molecule is COc1ccc(C(=O)COC(=O)CSc2nnnn2-c2ccccc2)cc1OC. The molecule has 0 atom stereocenters. The van der Waals surface area contributed by atoms with Crippen LogP contribution in [0.4, 0.5) is 0 Å². The van der Waals surface area contributed by atoms with E-state index in [0.717, 1.165) is 17.4 Å². The van der Waals surface area contributed by atoms with Crippen molar-refractivity contribution in [3.8, 4) is 17.2 Å². The summed E-state index contributed by atoms with van der Waals surface area (Å²) in [4.78, 5) is 24.3. The number of ketones is 1. The molecule has 0 aliphatic carbocycles. The van der Waals surface area contributed by atoms with Gasteiger partial charge >= 0.3 is 5.97 Å². The van der Waals surface area contributed by atoms with Crippen molar-refractivity contribution in [2.75, 3.05) is 26.6 Å². The number of esters is 1. The Morgan fingerprint density at radius 3 is 2.52 bits per heavy atom. The number of carbonyl (C=O) groups excluding carboxylic acids is 2. The zero-order chi connectivity index (χ0) is 20.6. The highest BCUT2D eigenvalue weighted by molar-refractivity contribution is 7.99. The summed E-state index contributed by atoms with van der Waals surface area (Å²) in [5, 5.41) is 11.9. The molecular formula is C19H18N4O5S. The Morgan fingerprint density at radius 2 is 1.79 bits per heavy atom. The van der Waals surface area contributed by atoms with Crippen LogP contribution in [0, 0.1) is 0 Å². The van der Waals surface area contributed by atoms with E-state index in [1.54, 1.807) is 12.1 Å². The van der Waals surface area contributed by atoms with E-state index >= 15 is 0 Å². The second-order valence-electron chi connectivity index (χ2n) is 5.65. The molecule has 0 bridgehead atoms. The lowest BCUT2D eigenvalue weighted by molar-refractivity contribution is -0.139. The molecule has 0 saturated heterocycles. The molecule has 9 nitrogen and oxygen atoms in total. The molecule has 3 aromatic rings. The van der Waals surface area contributed by atoms with Crippen LogP contribution >= 0.6 is 11.8 Å². The van der Waals surface area contributed by atoms with E-state index in [2.05, 4.69) is 15.5 Å². The molecule has 29 heavy (non-hydrogen) atoms. The average molecular weight is 414 g/mol. The maximum Gasteiger partial charge on any atom is 0.316 e. The van der Waals surface area contributed by atoms with Crippen LogP contribution in [0.25, 0.3) is 5.69 Å². The first-order chi connectivity index (χ1) is 14.1. The second-order valence-corrected chi connectivity index (χ2v) is 6.59. The fourth-order valence-corrected chi connectivity index (χ4v) is 3.09. The molecule has 0 radical (unpaired) electrons. The van der Waals surface area contributed by atoms with Crippen molar-refractivity contribution < 1.29 is 23.8 Å². The summed E-state index contributed by atoms with van der Waals surface area (Å²) in [6, 6.07) is 14.0. The molecule has 0 N–H and O–H groups in total. The van der Waals surface area contributed by atoms with E-state index in [-0.39, 0.29) is 18.1 Å². The van der Waals surface area contributed by atoms with Gasteiger partial charge in [-0.2, -0.15) is 4.68 Å². The fraction of sp³-hybridized carbons (Fsp3) is 0.211. The number of aromatic nitrogens is 4. The topological polar surface area (TPSA) is 105 Å². The molecule has 2 aromatic carbocycles. The summed E-state index contributed by atoms with van der Waals surface area (Å²) in [6.45, 7) is -0.376. The smallest absolute Gasteiger partial charge is 0.316 e. The maximum atomic E-state index is 12.3. The van der Waals surface area contributed by atoms with Gasteiger partial charge in [0.1, 0.15) is 0 Å². The Hall–Kier alpha value is -3.40. The molecular weight excluding hydrogens is 396 g/mol. The van der Waals surface area contributed by atoms with E-state index in [1.807, 2.05) is 30.3 Å². The summed E-state index contributed by atoms with van der Waals surface area (Å²) >= 11 is 1.12. The van der Waals surface area contributed by atoms with Crippen molar-refractivity contribution in [1.82, 2.24) is 20.2 Å². The number of nitrogens with zero attached hydrogens (tertiary/aromatic N) is 4. The number of ether oxygens (including phenoxy) is 3. The van der Waals surface area contributed by atoms with Crippen LogP contribution < -0.4 is 9.47 Å². The minimum absolute atomic E-state index is 0.0353. The van der Waals surface area contributed by atoms with Crippen LogP contribution in [0.1, 0.15) is 10.4 Å². The highest BCUT2D eigenvalue weighted by atomic mass is 32.2. The van der Waals surface area contributed by atoms with Crippen molar-refractivity contribution in [3.05, 3.63) is 54.1 Å². The van der Waals surface area contributed by atoms with Crippen LogP contribution in [0.2, 0.25) is 0 Å². The normalized spacial score (nSPS) is 10.4. The standard InChI is InChI=1S/C19H18N4O5S/c1-26-16-9-8-13(10-17(16)27-2)15(24)11-28-18(25)12-29-19-20-21-22-23(19)14-6-4-3-5-7-14/h3-10H,11-12H2,1-2H3. The minimum atomic E-state index is -0.550. The van der Waals surface area contributed by atoms with Gasteiger partial charge in [0.15, 0.2) is 23.9 Å². The van der Waals surface area contributed by atoms with E-state index in [9.17, 15) is 9.59 Å². The lowest BCUT2D eigenvalue weighted by Gasteiger charge is -2.09. The molecule has 0 saturated carbocycles. The third kappa shape index (κ3) is 5.11. The van der Waals surface area contributed by atoms with Crippen LogP contribution in [0.15, 0.2) is 53.7 Å². The number of rotatable bonds is 9. The number of hydrogen-bond donors (Lipinski definition) is 0. The Labute approximate surface area is 171 Å².